The predicted octanol–water partition coefficient (Wildman–Crippen LogP) is 1.26. The van der Waals surface area contributed by atoms with Crippen LogP contribution in [0.1, 0.15) is 18.5 Å². The number of carbonyl (C=O) groups is 2. The van der Waals surface area contributed by atoms with E-state index in [0.717, 1.165) is 5.56 Å². The molecule has 110 valence electrons. The maximum Gasteiger partial charge on any atom is 0.326 e. The number of aromatic nitrogens is 2. The third-order valence-corrected chi connectivity index (χ3v) is 3.20. The molecule has 0 bridgehead atoms. The molecular weight excluding hydrogens is 270 g/mol. The Morgan fingerprint density at radius 2 is 2.00 bits per heavy atom. The first-order chi connectivity index (χ1) is 10.1. The predicted molar refractivity (Wildman–Crippen MR) is 76.7 cm³/mol. The van der Waals surface area contributed by atoms with Crippen molar-refractivity contribution in [1.82, 2.24) is 15.1 Å². The molecule has 2 aromatic rings. The molecular formula is C15H17N3O3. The van der Waals surface area contributed by atoms with Crippen molar-refractivity contribution < 1.29 is 14.7 Å². The minimum Gasteiger partial charge on any atom is -0.480 e. The Kier molecular flexibility index (Phi) is 4.71. The van der Waals surface area contributed by atoms with Gasteiger partial charge >= 0.3 is 5.97 Å². The van der Waals surface area contributed by atoms with Gasteiger partial charge in [0.2, 0.25) is 5.91 Å². The molecule has 0 fully saturated rings. The monoisotopic (exact) mass is 287 g/mol. The van der Waals surface area contributed by atoms with Gasteiger partial charge in [-0.15, -0.1) is 0 Å². The Morgan fingerprint density at radius 3 is 2.57 bits per heavy atom. The van der Waals surface area contributed by atoms with E-state index in [1.807, 2.05) is 30.3 Å². The van der Waals surface area contributed by atoms with E-state index in [1.165, 1.54) is 4.68 Å². The topological polar surface area (TPSA) is 84.2 Å². The van der Waals surface area contributed by atoms with Gasteiger partial charge in [-0.25, -0.2) is 4.79 Å². The zero-order valence-electron chi connectivity index (χ0n) is 11.6. The van der Waals surface area contributed by atoms with Gasteiger partial charge in [-0.2, -0.15) is 5.10 Å². The molecule has 2 rings (SSSR count). The number of benzene rings is 1. The van der Waals surface area contributed by atoms with Crippen LogP contribution >= 0.6 is 0 Å². The van der Waals surface area contributed by atoms with Crippen molar-refractivity contribution in [1.29, 1.82) is 0 Å². The summed E-state index contributed by atoms with van der Waals surface area (Å²) in [6, 6.07) is 9.39. The SMILES string of the molecule is CC(C(=O)N[C@@H](Cc1ccccc1)C(=O)O)n1cccn1. The summed E-state index contributed by atoms with van der Waals surface area (Å²) in [5.74, 6) is -1.43. The van der Waals surface area contributed by atoms with E-state index in [1.54, 1.807) is 25.4 Å². The molecule has 0 aliphatic carbocycles. The number of carbonyl (C=O) groups excluding carboxylic acids is 1. The van der Waals surface area contributed by atoms with Gasteiger partial charge in [0, 0.05) is 18.8 Å². The van der Waals surface area contributed by atoms with Crippen LogP contribution < -0.4 is 5.32 Å². The Bertz CT molecular complexity index is 596. The highest BCUT2D eigenvalue weighted by Gasteiger charge is 2.24. The molecule has 1 aromatic heterocycles. The smallest absolute Gasteiger partial charge is 0.326 e. The lowest BCUT2D eigenvalue weighted by Crippen LogP contribution is -2.45. The third-order valence-electron chi connectivity index (χ3n) is 3.20. The lowest BCUT2D eigenvalue weighted by Gasteiger charge is -2.18. The normalized spacial score (nSPS) is 13.4. The number of hydrogen-bond donors (Lipinski definition) is 2. The van der Waals surface area contributed by atoms with Gasteiger partial charge in [0.1, 0.15) is 12.1 Å². The number of nitrogens with zero attached hydrogens (tertiary/aromatic N) is 2. The number of carboxylic acids is 1. The van der Waals surface area contributed by atoms with Crippen LogP contribution in [0.5, 0.6) is 0 Å². The second kappa shape index (κ2) is 6.69. The second-order valence-corrected chi connectivity index (χ2v) is 4.75. The van der Waals surface area contributed by atoms with Crippen LogP contribution in [0.4, 0.5) is 0 Å². The fourth-order valence-electron chi connectivity index (χ4n) is 1.97. The summed E-state index contributed by atoms with van der Waals surface area (Å²) >= 11 is 0. The van der Waals surface area contributed by atoms with E-state index in [4.69, 9.17) is 0 Å². The molecule has 0 aliphatic heterocycles. The zero-order chi connectivity index (χ0) is 15.2. The van der Waals surface area contributed by atoms with Crippen LogP contribution in [0.25, 0.3) is 0 Å². The van der Waals surface area contributed by atoms with Crippen molar-refractivity contribution in [2.45, 2.75) is 25.4 Å². The van der Waals surface area contributed by atoms with Gasteiger partial charge in [0.05, 0.1) is 0 Å². The minimum atomic E-state index is -1.06. The molecule has 1 aromatic carbocycles. The van der Waals surface area contributed by atoms with E-state index < -0.39 is 18.1 Å². The van der Waals surface area contributed by atoms with Crippen molar-refractivity contribution in [3.05, 3.63) is 54.4 Å². The summed E-state index contributed by atoms with van der Waals surface area (Å²) in [5.41, 5.74) is 0.858. The second-order valence-electron chi connectivity index (χ2n) is 4.75. The van der Waals surface area contributed by atoms with E-state index >= 15 is 0 Å². The zero-order valence-corrected chi connectivity index (χ0v) is 11.6. The molecule has 2 N–H and O–H groups in total. The standard InChI is InChI=1S/C15H17N3O3/c1-11(18-9-5-8-16-18)14(19)17-13(15(20)21)10-12-6-3-2-4-7-12/h2-9,11,13H,10H2,1H3,(H,17,19)(H,20,21)/t11?,13-/m0/s1. The van der Waals surface area contributed by atoms with Gasteiger partial charge in [0.15, 0.2) is 0 Å². The van der Waals surface area contributed by atoms with Crippen molar-refractivity contribution >= 4 is 11.9 Å². The van der Waals surface area contributed by atoms with Crippen LogP contribution in [-0.2, 0) is 16.0 Å². The molecule has 1 amide bonds. The van der Waals surface area contributed by atoms with Crippen molar-refractivity contribution in [3.8, 4) is 0 Å². The number of rotatable bonds is 6. The highest BCUT2D eigenvalue weighted by molar-refractivity contribution is 5.85. The molecule has 2 atom stereocenters. The molecule has 0 saturated heterocycles. The number of amides is 1. The average Bonchev–Trinajstić information content (AvgIpc) is 3.00. The Labute approximate surface area is 122 Å². The summed E-state index contributed by atoms with van der Waals surface area (Å²) < 4.78 is 1.48. The number of aliphatic carboxylic acids is 1. The summed E-state index contributed by atoms with van der Waals surface area (Å²) in [6.45, 7) is 1.67. The lowest BCUT2D eigenvalue weighted by atomic mass is 10.1. The summed E-state index contributed by atoms with van der Waals surface area (Å²) in [4.78, 5) is 23.4. The Hall–Kier alpha value is -2.63. The maximum atomic E-state index is 12.1. The minimum absolute atomic E-state index is 0.244. The third kappa shape index (κ3) is 3.92. The Morgan fingerprint density at radius 1 is 1.29 bits per heavy atom. The van der Waals surface area contributed by atoms with Gasteiger partial charge in [-0.05, 0) is 18.6 Å². The summed E-state index contributed by atoms with van der Waals surface area (Å²) in [6.07, 6.45) is 3.48. The van der Waals surface area contributed by atoms with Crippen LogP contribution in [-0.4, -0.2) is 32.8 Å². The summed E-state index contributed by atoms with van der Waals surface area (Å²) in [5, 5.41) is 15.8. The van der Waals surface area contributed by atoms with Crippen LogP contribution in [0, 0.1) is 0 Å². The lowest BCUT2D eigenvalue weighted by molar-refractivity contribution is -0.142. The fourth-order valence-corrected chi connectivity index (χ4v) is 1.97. The van der Waals surface area contributed by atoms with E-state index in [0.29, 0.717) is 0 Å². The van der Waals surface area contributed by atoms with Gasteiger partial charge in [-0.3, -0.25) is 9.48 Å². The van der Waals surface area contributed by atoms with E-state index in [2.05, 4.69) is 10.4 Å². The molecule has 0 saturated carbocycles. The quantitative estimate of drug-likeness (QED) is 0.837. The first-order valence-corrected chi connectivity index (χ1v) is 6.64. The van der Waals surface area contributed by atoms with E-state index in [-0.39, 0.29) is 12.3 Å². The van der Waals surface area contributed by atoms with Crippen molar-refractivity contribution in [3.63, 3.8) is 0 Å². The van der Waals surface area contributed by atoms with Gasteiger partial charge in [-0.1, -0.05) is 30.3 Å². The molecule has 21 heavy (non-hydrogen) atoms. The highest BCUT2D eigenvalue weighted by atomic mass is 16.4. The van der Waals surface area contributed by atoms with Crippen LogP contribution in [0.3, 0.4) is 0 Å². The van der Waals surface area contributed by atoms with E-state index in [9.17, 15) is 14.7 Å². The first-order valence-electron chi connectivity index (χ1n) is 6.64. The van der Waals surface area contributed by atoms with Crippen molar-refractivity contribution in [2.75, 3.05) is 0 Å². The molecule has 6 heteroatoms. The van der Waals surface area contributed by atoms with Gasteiger partial charge < -0.3 is 10.4 Å². The molecule has 0 aliphatic rings. The fraction of sp³-hybridized carbons (Fsp3) is 0.267. The molecule has 0 radical (unpaired) electrons. The van der Waals surface area contributed by atoms with Crippen LogP contribution in [0.2, 0.25) is 0 Å². The summed E-state index contributed by atoms with van der Waals surface area (Å²) in [7, 11) is 0. The number of hydrogen-bond acceptors (Lipinski definition) is 3. The molecule has 6 nitrogen and oxygen atoms in total. The first kappa shape index (κ1) is 14.8. The average molecular weight is 287 g/mol. The Balaban J connectivity index is 2.03. The van der Waals surface area contributed by atoms with Crippen molar-refractivity contribution in [2.24, 2.45) is 0 Å². The highest BCUT2D eigenvalue weighted by Crippen LogP contribution is 2.07. The van der Waals surface area contributed by atoms with Crippen LogP contribution in [0.15, 0.2) is 48.8 Å². The van der Waals surface area contributed by atoms with Gasteiger partial charge in [0.25, 0.3) is 0 Å². The molecule has 1 heterocycles. The number of nitrogens with one attached hydrogen (secondary N) is 1. The molecule has 0 spiro atoms. The largest absolute Gasteiger partial charge is 0.480 e. The maximum absolute atomic E-state index is 12.1. The molecule has 1 unspecified atom stereocenters. The number of carboxylic acid groups (broad SMARTS) is 1.